The molecule has 1 unspecified atom stereocenters. The molecule has 5 nitrogen and oxygen atoms in total. The first-order chi connectivity index (χ1) is 13.3. The number of carbonyl (C=O) groups excluding carboxylic acids is 1. The predicted molar refractivity (Wildman–Crippen MR) is 98.2 cm³/mol. The number of hydrogen-bond acceptors (Lipinski definition) is 4. The molecule has 3 rings (SSSR count). The first-order valence-electron chi connectivity index (χ1n) is 8.91. The van der Waals surface area contributed by atoms with Gasteiger partial charge in [-0.25, -0.2) is 0 Å². The van der Waals surface area contributed by atoms with Crippen molar-refractivity contribution in [3.63, 3.8) is 0 Å². The van der Waals surface area contributed by atoms with Gasteiger partial charge in [-0.2, -0.15) is 13.2 Å². The fourth-order valence-electron chi connectivity index (χ4n) is 2.95. The van der Waals surface area contributed by atoms with Crippen molar-refractivity contribution in [1.82, 2.24) is 5.32 Å². The molecule has 0 aliphatic carbocycles. The second-order valence-corrected chi connectivity index (χ2v) is 6.49. The number of nitrogens with zero attached hydrogens (tertiary/aromatic N) is 1. The van der Waals surface area contributed by atoms with E-state index < -0.39 is 23.8 Å². The molecule has 1 heterocycles. The minimum atomic E-state index is -4.45. The third-order valence-electron chi connectivity index (χ3n) is 4.58. The number of benzene rings is 2. The molecule has 2 N–H and O–H groups in total. The molecule has 1 aliphatic heterocycles. The number of alkyl halides is 3. The van der Waals surface area contributed by atoms with Crippen molar-refractivity contribution in [2.45, 2.75) is 12.3 Å². The number of morpholine rings is 1. The lowest BCUT2D eigenvalue weighted by molar-refractivity contribution is -0.137. The van der Waals surface area contributed by atoms with Crippen molar-refractivity contribution in [2.75, 3.05) is 37.7 Å². The molecule has 0 bridgehead atoms. The van der Waals surface area contributed by atoms with Crippen molar-refractivity contribution >= 4 is 11.6 Å². The number of ether oxygens (including phenoxy) is 1. The van der Waals surface area contributed by atoms with Crippen molar-refractivity contribution < 1.29 is 27.8 Å². The second kappa shape index (κ2) is 8.62. The summed E-state index contributed by atoms with van der Waals surface area (Å²) in [4.78, 5) is 14.3. The Kier molecular flexibility index (Phi) is 6.21. The first-order valence-corrected chi connectivity index (χ1v) is 8.91. The Labute approximate surface area is 160 Å². The van der Waals surface area contributed by atoms with Crippen LogP contribution in [0.5, 0.6) is 0 Å². The number of amides is 1. The molecule has 1 amide bonds. The van der Waals surface area contributed by atoms with Crippen molar-refractivity contribution in [2.24, 2.45) is 0 Å². The number of halogens is 3. The van der Waals surface area contributed by atoms with Gasteiger partial charge in [0.1, 0.15) is 0 Å². The lowest BCUT2D eigenvalue weighted by Gasteiger charge is -2.29. The minimum absolute atomic E-state index is 0.0449. The van der Waals surface area contributed by atoms with Crippen LogP contribution in [0.4, 0.5) is 18.9 Å². The average Bonchev–Trinajstić information content (AvgIpc) is 2.72. The van der Waals surface area contributed by atoms with Crippen LogP contribution in [0.2, 0.25) is 0 Å². The number of nitrogens with one attached hydrogen (secondary N) is 1. The van der Waals surface area contributed by atoms with Crippen LogP contribution in [0.15, 0.2) is 48.5 Å². The molecular weight excluding hydrogens is 373 g/mol. The van der Waals surface area contributed by atoms with E-state index in [9.17, 15) is 23.1 Å². The van der Waals surface area contributed by atoms with Crippen LogP contribution >= 0.6 is 0 Å². The zero-order valence-electron chi connectivity index (χ0n) is 15.1. The van der Waals surface area contributed by atoms with Gasteiger partial charge in [0.15, 0.2) is 0 Å². The Hall–Kier alpha value is -2.58. The molecule has 150 valence electrons. The Morgan fingerprint density at radius 2 is 1.68 bits per heavy atom. The van der Waals surface area contributed by atoms with E-state index in [4.69, 9.17) is 4.74 Å². The van der Waals surface area contributed by atoms with E-state index >= 15 is 0 Å². The van der Waals surface area contributed by atoms with Gasteiger partial charge < -0.3 is 20.1 Å². The summed E-state index contributed by atoms with van der Waals surface area (Å²) in [5, 5.41) is 12.8. The van der Waals surface area contributed by atoms with Crippen LogP contribution in [0, 0.1) is 0 Å². The first kappa shape index (κ1) is 20.2. The quantitative estimate of drug-likeness (QED) is 0.819. The molecule has 1 fully saturated rings. The van der Waals surface area contributed by atoms with E-state index in [1.54, 1.807) is 12.1 Å². The van der Waals surface area contributed by atoms with Crippen molar-refractivity contribution in [3.05, 3.63) is 65.2 Å². The van der Waals surface area contributed by atoms with Gasteiger partial charge in [-0.15, -0.1) is 0 Å². The molecule has 0 radical (unpaired) electrons. The maximum atomic E-state index is 12.6. The molecule has 28 heavy (non-hydrogen) atoms. The summed E-state index contributed by atoms with van der Waals surface area (Å²) < 4.78 is 43.0. The number of anilines is 1. The van der Waals surface area contributed by atoms with Crippen molar-refractivity contribution in [3.8, 4) is 0 Å². The zero-order valence-corrected chi connectivity index (χ0v) is 15.1. The van der Waals surface area contributed by atoms with E-state index in [0.29, 0.717) is 18.8 Å². The largest absolute Gasteiger partial charge is 0.416 e. The van der Waals surface area contributed by atoms with Gasteiger partial charge >= 0.3 is 6.18 Å². The van der Waals surface area contributed by atoms with Crippen LogP contribution in [-0.2, 0) is 10.9 Å². The fraction of sp³-hybridized carbons (Fsp3) is 0.350. The lowest BCUT2D eigenvalue weighted by atomic mass is 10.1. The predicted octanol–water partition coefficient (Wildman–Crippen LogP) is 3.01. The highest BCUT2D eigenvalue weighted by Gasteiger charge is 2.30. The van der Waals surface area contributed by atoms with E-state index in [1.807, 2.05) is 12.1 Å². The molecular formula is C20H21F3N2O3. The second-order valence-electron chi connectivity index (χ2n) is 6.49. The molecule has 8 heteroatoms. The highest BCUT2D eigenvalue weighted by molar-refractivity contribution is 5.94. The summed E-state index contributed by atoms with van der Waals surface area (Å²) in [5.74, 6) is -0.544. The maximum absolute atomic E-state index is 12.6. The van der Waals surface area contributed by atoms with Crippen LogP contribution in [0.25, 0.3) is 0 Å². The molecule has 0 saturated carbocycles. The van der Waals surface area contributed by atoms with Gasteiger partial charge in [0.2, 0.25) is 0 Å². The van der Waals surface area contributed by atoms with E-state index in [1.165, 1.54) is 0 Å². The number of aliphatic hydroxyl groups excluding tert-OH is 1. The smallest absolute Gasteiger partial charge is 0.387 e. The highest BCUT2D eigenvalue weighted by Crippen LogP contribution is 2.29. The Bertz CT molecular complexity index is 786. The summed E-state index contributed by atoms with van der Waals surface area (Å²) in [5.41, 5.74) is 0.963. The molecule has 1 atom stereocenters. The van der Waals surface area contributed by atoms with Crippen LogP contribution < -0.4 is 10.2 Å². The van der Waals surface area contributed by atoms with Crippen LogP contribution in [-0.4, -0.2) is 43.9 Å². The normalized spacial score (nSPS) is 15.9. The van der Waals surface area contributed by atoms with Gasteiger partial charge in [-0.3, -0.25) is 4.79 Å². The summed E-state index contributed by atoms with van der Waals surface area (Å²) in [6, 6.07) is 11.3. The summed E-state index contributed by atoms with van der Waals surface area (Å²) in [6.07, 6.45) is -5.37. The summed E-state index contributed by atoms with van der Waals surface area (Å²) in [6.45, 7) is 2.94. The number of carbonyl (C=O) groups is 1. The molecule has 0 aromatic heterocycles. The summed E-state index contributed by atoms with van der Waals surface area (Å²) >= 11 is 0. The van der Waals surface area contributed by atoms with Gasteiger partial charge in [0.05, 0.1) is 24.9 Å². The maximum Gasteiger partial charge on any atom is 0.416 e. The number of hydrogen-bond donors (Lipinski definition) is 2. The average molecular weight is 394 g/mol. The Balaban J connectivity index is 1.54. The highest BCUT2D eigenvalue weighted by atomic mass is 19.4. The van der Waals surface area contributed by atoms with Crippen LogP contribution in [0.1, 0.15) is 27.6 Å². The summed E-state index contributed by atoms with van der Waals surface area (Å²) in [7, 11) is 0. The van der Waals surface area contributed by atoms with Crippen molar-refractivity contribution in [1.29, 1.82) is 0 Å². The van der Waals surface area contributed by atoms with E-state index in [-0.39, 0.29) is 12.1 Å². The Morgan fingerprint density at radius 1 is 1.07 bits per heavy atom. The molecule has 2 aromatic carbocycles. The zero-order chi connectivity index (χ0) is 20.1. The standard InChI is InChI=1S/C20H21F3N2O3/c21-20(22,23)16-5-1-15(2-6-16)19(27)24-13-18(26)14-3-7-17(8-4-14)25-9-11-28-12-10-25/h1-8,18,26H,9-13H2,(H,24,27). The molecule has 0 spiro atoms. The van der Waals surface area contributed by atoms with E-state index in [0.717, 1.165) is 43.0 Å². The van der Waals surface area contributed by atoms with E-state index in [2.05, 4.69) is 10.2 Å². The molecule has 1 saturated heterocycles. The third-order valence-corrected chi connectivity index (χ3v) is 4.58. The van der Waals surface area contributed by atoms with Gasteiger partial charge in [0.25, 0.3) is 5.91 Å². The number of rotatable bonds is 5. The van der Waals surface area contributed by atoms with Gasteiger partial charge in [0, 0.05) is 30.9 Å². The Morgan fingerprint density at radius 3 is 2.25 bits per heavy atom. The topological polar surface area (TPSA) is 61.8 Å². The SMILES string of the molecule is O=C(NCC(O)c1ccc(N2CCOCC2)cc1)c1ccc(C(F)(F)F)cc1. The molecule has 1 aliphatic rings. The molecule has 2 aromatic rings. The number of aliphatic hydroxyl groups is 1. The monoisotopic (exact) mass is 394 g/mol. The van der Waals surface area contributed by atoms with Crippen LogP contribution in [0.3, 0.4) is 0 Å². The van der Waals surface area contributed by atoms with Gasteiger partial charge in [-0.1, -0.05) is 12.1 Å². The fourth-order valence-corrected chi connectivity index (χ4v) is 2.95. The third kappa shape index (κ3) is 5.02. The van der Waals surface area contributed by atoms with Gasteiger partial charge in [-0.05, 0) is 42.0 Å². The lowest BCUT2D eigenvalue weighted by Crippen LogP contribution is -2.36. The minimum Gasteiger partial charge on any atom is -0.387 e.